The fraction of sp³-hybridized carbons (Fsp3) is 0.111. The number of carbonyl (C=O) groups excluding carboxylic acids is 2. The van der Waals surface area contributed by atoms with Crippen LogP contribution in [0.3, 0.4) is 0 Å². The third kappa shape index (κ3) is 3.55. The van der Waals surface area contributed by atoms with E-state index in [1.165, 1.54) is 43.5 Å². The molecule has 0 aromatic heterocycles. The van der Waals surface area contributed by atoms with Crippen molar-refractivity contribution < 1.29 is 23.8 Å². The molecule has 0 spiro atoms. The van der Waals surface area contributed by atoms with Gasteiger partial charge >= 0.3 is 6.03 Å². The van der Waals surface area contributed by atoms with Gasteiger partial charge in [0.25, 0.3) is 5.91 Å². The van der Waals surface area contributed by atoms with Crippen LogP contribution in [0.4, 0.5) is 9.18 Å². The highest BCUT2D eigenvalue weighted by Gasteiger charge is 2.33. The number of phenolic OH excluding ortho intramolecular Hbond substituents is 1. The van der Waals surface area contributed by atoms with Crippen LogP contribution in [-0.2, 0) is 11.3 Å². The van der Waals surface area contributed by atoms with Crippen LogP contribution >= 0.6 is 15.9 Å². The molecule has 1 heterocycles. The number of benzene rings is 2. The van der Waals surface area contributed by atoms with Crippen molar-refractivity contribution in [3.05, 3.63) is 63.5 Å². The zero-order chi connectivity index (χ0) is 18.8. The number of hydrogen-bond acceptors (Lipinski definition) is 4. The molecular weight excluding hydrogens is 407 g/mol. The van der Waals surface area contributed by atoms with Gasteiger partial charge in [0.2, 0.25) is 0 Å². The highest BCUT2D eigenvalue weighted by Crippen LogP contribution is 2.36. The number of methoxy groups -OCH3 is 1. The first-order chi connectivity index (χ1) is 12.4. The molecule has 0 aliphatic carbocycles. The highest BCUT2D eigenvalue weighted by atomic mass is 79.9. The minimum Gasteiger partial charge on any atom is -0.503 e. The lowest BCUT2D eigenvalue weighted by molar-refractivity contribution is -0.123. The number of rotatable bonds is 4. The fourth-order valence-electron chi connectivity index (χ4n) is 2.49. The molecule has 2 aromatic rings. The predicted molar refractivity (Wildman–Crippen MR) is 95.8 cm³/mol. The number of ether oxygens (including phenoxy) is 1. The van der Waals surface area contributed by atoms with Gasteiger partial charge in [-0.3, -0.25) is 9.69 Å². The third-order valence-electron chi connectivity index (χ3n) is 3.80. The lowest BCUT2D eigenvalue weighted by Gasteiger charge is -2.11. The maximum Gasteiger partial charge on any atom is 0.329 e. The Morgan fingerprint density at radius 1 is 1.27 bits per heavy atom. The van der Waals surface area contributed by atoms with Crippen LogP contribution in [0.25, 0.3) is 6.08 Å². The van der Waals surface area contributed by atoms with E-state index in [4.69, 9.17) is 4.74 Å². The normalized spacial score (nSPS) is 15.5. The number of nitrogens with zero attached hydrogens (tertiary/aromatic N) is 1. The number of imide groups is 1. The Bertz CT molecular complexity index is 912. The molecule has 1 saturated heterocycles. The van der Waals surface area contributed by atoms with E-state index in [1.54, 1.807) is 6.07 Å². The van der Waals surface area contributed by atoms with Crippen molar-refractivity contribution in [1.29, 1.82) is 0 Å². The van der Waals surface area contributed by atoms with Crippen molar-refractivity contribution in [2.75, 3.05) is 7.11 Å². The van der Waals surface area contributed by atoms with Gasteiger partial charge in [-0.1, -0.05) is 12.1 Å². The minimum absolute atomic E-state index is 0.0326. The summed E-state index contributed by atoms with van der Waals surface area (Å²) in [6.45, 7) is 0.0326. The first-order valence-corrected chi connectivity index (χ1v) is 8.34. The van der Waals surface area contributed by atoms with E-state index in [0.717, 1.165) is 4.90 Å². The summed E-state index contributed by atoms with van der Waals surface area (Å²) in [5.74, 6) is -0.721. The molecule has 0 bridgehead atoms. The van der Waals surface area contributed by atoms with Crippen LogP contribution in [0.1, 0.15) is 11.1 Å². The second-order valence-electron chi connectivity index (χ2n) is 5.56. The Balaban J connectivity index is 1.85. The SMILES string of the molecule is COc1cc(C=C2NC(=O)N(Cc3ccc(F)cc3)C2=O)cc(Br)c1O. The van der Waals surface area contributed by atoms with E-state index in [2.05, 4.69) is 21.2 Å². The van der Waals surface area contributed by atoms with Crippen LogP contribution in [-0.4, -0.2) is 29.1 Å². The van der Waals surface area contributed by atoms with E-state index in [-0.39, 0.29) is 23.7 Å². The van der Waals surface area contributed by atoms with Gasteiger partial charge < -0.3 is 15.2 Å². The van der Waals surface area contributed by atoms with E-state index in [0.29, 0.717) is 15.6 Å². The minimum atomic E-state index is -0.560. The van der Waals surface area contributed by atoms with Crippen LogP contribution in [0.2, 0.25) is 0 Å². The summed E-state index contributed by atoms with van der Waals surface area (Å²) < 4.78 is 18.4. The molecular formula is C18H14BrFN2O4. The number of carbonyl (C=O) groups is 2. The van der Waals surface area contributed by atoms with Gasteiger partial charge in [0.1, 0.15) is 11.5 Å². The van der Waals surface area contributed by atoms with Crippen molar-refractivity contribution in [1.82, 2.24) is 10.2 Å². The summed E-state index contributed by atoms with van der Waals surface area (Å²) >= 11 is 3.20. The maximum atomic E-state index is 13.0. The summed E-state index contributed by atoms with van der Waals surface area (Å²) in [4.78, 5) is 25.6. The Labute approximate surface area is 157 Å². The van der Waals surface area contributed by atoms with Gasteiger partial charge in [-0.05, 0) is 57.4 Å². The zero-order valence-corrected chi connectivity index (χ0v) is 15.2. The molecule has 2 N–H and O–H groups in total. The standard InChI is InChI=1S/C18H14BrFN2O4/c1-26-15-8-11(6-13(19)16(15)23)7-14-17(24)22(18(25)21-14)9-10-2-4-12(20)5-3-10/h2-8,23H,9H2,1H3,(H,21,25). The van der Waals surface area contributed by atoms with Crippen molar-refractivity contribution in [2.24, 2.45) is 0 Å². The lowest BCUT2D eigenvalue weighted by atomic mass is 10.1. The van der Waals surface area contributed by atoms with Crippen molar-refractivity contribution >= 4 is 33.9 Å². The molecule has 1 aliphatic rings. The molecule has 1 fully saturated rings. The molecule has 0 unspecified atom stereocenters. The second kappa shape index (κ2) is 7.17. The molecule has 0 atom stereocenters. The highest BCUT2D eigenvalue weighted by molar-refractivity contribution is 9.10. The second-order valence-corrected chi connectivity index (χ2v) is 6.41. The van der Waals surface area contributed by atoms with Crippen LogP contribution in [0, 0.1) is 5.82 Å². The quantitative estimate of drug-likeness (QED) is 0.586. The number of nitrogens with one attached hydrogen (secondary N) is 1. The molecule has 1 aliphatic heterocycles. The third-order valence-corrected chi connectivity index (χ3v) is 4.40. The van der Waals surface area contributed by atoms with E-state index >= 15 is 0 Å². The lowest BCUT2D eigenvalue weighted by Crippen LogP contribution is -2.30. The first-order valence-electron chi connectivity index (χ1n) is 7.54. The molecule has 0 saturated carbocycles. The zero-order valence-electron chi connectivity index (χ0n) is 13.6. The summed E-state index contributed by atoms with van der Waals surface area (Å²) in [5.41, 5.74) is 1.28. The number of aromatic hydroxyl groups is 1. The molecule has 6 nitrogen and oxygen atoms in total. The topological polar surface area (TPSA) is 78.9 Å². The number of amides is 3. The fourth-order valence-corrected chi connectivity index (χ4v) is 2.95. The van der Waals surface area contributed by atoms with Crippen molar-refractivity contribution in [3.8, 4) is 11.5 Å². The maximum absolute atomic E-state index is 13.0. The molecule has 8 heteroatoms. The van der Waals surface area contributed by atoms with Gasteiger partial charge in [0, 0.05) is 0 Å². The Hall–Kier alpha value is -2.87. The van der Waals surface area contributed by atoms with E-state index in [9.17, 15) is 19.1 Å². The van der Waals surface area contributed by atoms with Crippen LogP contribution in [0.5, 0.6) is 11.5 Å². The molecule has 3 rings (SSSR count). The monoisotopic (exact) mass is 420 g/mol. The van der Waals surface area contributed by atoms with Crippen LogP contribution < -0.4 is 10.1 Å². The molecule has 0 radical (unpaired) electrons. The largest absolute Gasteiger partial charge is 0.503 e. The van der Waals surface area contributed by atoms with Gasteiger partial charge in [0.05, 0.1) is 18.1 Å². The molecule has 3 amide bonds. The summed E-state index contributed by atoms with van der Waals surface area (Å²) in [7, 11) is 1.41. The smallest absolute Gasteiger partial charge is 0.329 e. The molecule has 2 aromatic carbocycles. The Kier molecular flexibility index (Phi) is 4.94. The van der Waals surface area contributed by atoms with Crippen molar-refractivity contribution in [2.45, 2.75) is 6.54 Å². The van der Waals surface area contributed by atoms with Crippen LogP contribution in [0.15, 0.2) is 46.6 Å². The predicted octanol–water partition coefficient (Wildman–Crippen LogP) is 3.40. The number of halogens is 2. The average molecular weight is 421 g/mol. The van der Waals surface area contributed by atoms with Gasteiger partial charge in [-0.2, -0.15) is 0 Å². The first kappa shape index (κ1) is 17.9. The van der Waals surface area contributed by atoms with Gasteiger partial charge in [0.15, 0.2) is 11.5 Å². The van der Waals surface area contributed by atoms with Gasteiger partial charge in [-0.15, -0.1) is 0 Å². The Morgan fingerprint density at radius 3 is 2.62 bits per heavy atom. The van der Waals surface area contributed by atoms with Crippen molar-refractivity contribution in [3.63, 3.8) is 0 Å². The summed E-state index contributed by atoms with van der Waals surface area (Å²) in [5, 5.41) is 12.3. The molecule has 134 valence electrons. The number of hydrogen-bond donors (Lipinski definition) is 2. The van der Waals surface area contributed by atoms with Gasteiger partial charge in [-0.25, -0.2) is 9.18 Å². The Morgan fingerprint density at radius 2 is 1.96 bits per heavy atom. The summed E-state index contributed by atoms with van der Waals surface area (Å²) in [6, 6.07) is 8.13. The number of urea groups is 1. The number of phenols is 1. The molecule has 26 heavy (non-hydrogen) atoms. The van der Waals surface area contributed by atoms with E-state index < -0.39 is 17.8 Å². The van der Waals surface area contributed by atoms with E-state index in [1.807, 2.05) is 0 Å². The summed E-state index contributed by atoms with van der Waals surface area (Å²) in [6.07, 6.45) is 1.48. The average Bonchev–Trinajstić information content (AvgIpc) is 2.87.